The predicted octanol–water partition coefficient (Wildman–Crippen LogP) is 2.82. The Kier molecular flexibility index (Phi) is 5.84. The van der Waals surface area contributed by atoms with E-state index < -0.39 is 0 Å². The molecule has 17 heavy (non-hydrogen) atoms. The average Bonchev–Trinajstić information content (AvgIpc) is 2.26. The molecule has 1 aromatic rings. The van der Waals surface area contributed by atoms with Crippen LogP contribution in [0, 0.1) is 13.8 Å². The van der Waals surface area contributed by atoms with Crippen molar-refractivity contribution < 1.29 is 9.84 Å². The third-order valence-corrected chi connectivity index (χ3v) is 2.78. The first-order chi connectivity index (χ1) is 8.15. The molecule has 0 aliphatic heterocycles. The van der Waals surface area contributed by atoms with Gasteiger partial charge in [-0.2, -0.15) is 0 Å². The van der Waals surface area contributed by atoms with Gasteiger partial charge in [-0.25, -0.2) is 0 Å². The van der Waals surface area contributed by atoms with E-state index >= 15 is 0 Å². The van der Waals surface area contributed by atoms with Crippen LogP contribution in [0.5, 0.6) is 5.75 Å². The smallest absolute Gasteiger partial charge is 0.125 e. The Labute approximate surface area is 104 Å². The highest BCUT2D eigenvalue weighted by Gasteiger charge is 2.04. The summed E-state index contributed by atoms with van der Waals surface area (Å²) in [5.74, 6) is 0.960. The van der Waals surface area contributed by atoms with Crippen molar-refractivity contribution >= 4 is 5.69 Å². The number of rotatable bonds is 7. The fourth-order valence-corrected chi connectivity index (χ4v) is 1.95. The van der Waals surface area contributed by atoms with Crippen molar-refractivity contribution in [2.75, 3.05) is 18.9 Å². The van der Waals surface area contributed by atoms with Gasteiger partial charge in [0, 0.05) is 12.3 Å². The average molecular weight is 237 g/mol. The zero-order valence-corrected chi connectivity index (χ0v) is 10.8. The van der Waals surface area contributed by atoms with Crippen molar-refractivity contribution in [3.8, 4) is 5.75 Å². The van der Waals surface area contributed by atoms with E-state index in [1.165, 1.54) is 0 Å². The molecule has 3 N–H and O–H groups in total. The fourth-order valence-electron chi connectivity index (χ4n) is 1.95. The molecule has 3 heteroatoms. The maximum atomic E-state index is 8.66. The highest BCUT2D eigenvalue weighted by atomic mass is 16.5. The van der Waals surface area contributed by atoms with Gasteiger partial charge in [0.1, 0.15) is 5.75 Å². The van der Waals surface area contributed by atoms with Crippen LogP contribution < -0.4 is 10.5 Å². The van der Waals surface area contributed by atoms with Crippen LogP contribution in [-0.2, 0) is 0 Å². The van der Waals surface area contributed by atoms with Crippen LogP contribution in [0.4, 0.5) is 5.69 Å². The second-order valence-corrected chi connectivity index (χ2v) is 4.47. The Balaban J connectivity index is 2.36. The Bertz CT molecular complexity index is 327. The first-order valence-corrected chi connectivity index (χ1v) is 6.25. The molecule has 3 nitrogen and oxygen atoms in total. The maximum absolute atomic E-state index is 8.66. The normalized spacial score (nSPS) is 10.5. The molecule has 0 fully saturated rings. The molecule has 0 aromatic heterocycles. The van der Waals surface area contributed by atoms with E-state index in [9.17, 15) is 0 Å². The Morgan fingerprint density at radius 3 is 2.24 bits per heavy atom. The van der Waals surface area contributed by atoms with Crippen LogP contribution in [0.25, 0.3) is 0 Å². The number of aliphatic hydroxyl groups excluding tert-OH is 1. The van der Waals surface area contributed by atoms with E-state index in [2.05, 4.69) is 0 Å². The minimum Gasteiger partial charge on any atom is -0.493 e. The molecule has 0 radical (unpaired) electrons. The van der Waals surface area contributed by atoms with Gasteiger partial charge in [0.25, 0.3) is 0 Å². The zero-order valence-electron chi connectivity index (χ0n) is 10.8. The molecule has 96 valence electrons. The molecular weight excluding hydrogens is 214 g/mol. The Morgan fingerprint density at radius 2 is 1.65 bits per heavy atom. The molecule has 0 spiro atoms. The van der Waals surface area contributed by atoms with Crippen molar-refractivity contribution in [3.63, 3.8) is 0 Å². The molecule has 0 aliphatic rings. The third kappa shape index (κ3) is 4.65. The molecule has 0 saturated heterocycles. The van der Waals surface area contributed by atoms with Gasteiger partial charge in [0.05, 0.1) is 6.61 Å². The van der Waals surface area contributed by atoms with Crippen LogP contribution in [0.3, 0.4) is 0 Å². The summed E-state index contributed by atoms with van der Waals surface area (Å²) in [6.45, 7) is 5.06. The zero-order chi connectivity index (χ0) is 12.7. The number of anilines is 1. The molecule has 0 atom stereocenters. The van der Waals surface area contributed by atoms with Crippen LogP contribution >= 0.6 is 0 Å². The van der Waals surface area contributed by atoms with Gasteiger partial charge < -0.3 is 15.6 Å². The summed E-state index contributed by atoms with van der Waals surface area (Å²) in [7, 11) is 0. The highest BCUT2D eigenvalue weighted by Crippen LogP contribution is 2.25. The number of unbranched alkanes of at least 4 members (excludes halogenated alkanes) is 3. The first-order valence-electron chi connectivity index (χ1n) is 6.25. The van der Waals surface area contributed by atoms with Crippen LogP contribution in [0.2, 0.25) is 0 Å². The molecule has 1 rings (SSSR count). The van der Waals surface area contributed by atoms with Crippen molar-refractivity contribution in [1.29, 1.82) is 0 Å². The lowest BCUT2D eigenvalue weighted by atomic mass is 10.1. The van der Waals surface area contributed by atoms with Gasteiger partial charge in [0.15, 0.2) is 0 Å². The minimum atomic E-state index is 0.289. The number of hydrogen-bond acceptors (Lipinski definition) is 3. The number of nitrogen functional groups attached to an aromatic ring is 1. The van der Waals surface area contributed by atoms with Crippen molar-refractivity contribution in [2.24, 2.45) is 0 Å². The lowest BCUT2D eigenvalue weighted by Gasteiger charge is -2.12. The van der Waals surface area contributed by atoms with E-state index in [1.807, 2.05) is 26.0 Å². The summed E-state index contributed by atoms with van der Waals surface area (Å²) < 4.78 is 5.78. The number of hydrogen-bond donors (Lipinski definition) is 2. The lowest BCUT2D eigenvalue weighted by Crippen LogP contribution is -2.01. The second kappa shape index (κ2) is 7.17. The van der Waals surface area contributed by atoms with Gasteiger partial charge in [-0.1, -0.05) is 6.42 Å². The number of nitrogens with two attached hydrogens (primary N) is 1. The Morgan fingerprint density at radius 1 is 1.06 bits per heavy atom. The standard InChI is InChI=1S/C14H23NO2/c1-11-9-13(15)10-12(2)14(11)17-8-6-4-3-5-7-16/h9-10,16H,3-8,15H2,1-2H3. The minimum absolute atomic E-state index is 0.289. The molecule has 0 bridgehead atoms. The third-order valence-electron chi connectivity index (χ3n) is 2.78. The molecule has 0 heterocycles. The molecule has 0 amide bonds. The van der Waals surface area contributed by atoms with E-state index in [1.54, 1.807) is 0 Å². The molecule has 0 saturated carbocycles. The maximum Gasteiger partial charge on any atom is 0.125 e. The molecule has 0 unspecified atom stereocenters. The van der Waals surface area contributed by atoms with Crippen LogP contribution in [0.15, 0.2) is 12.1 Å². The van der Waals surface area contributed by atoms with Crippen LogP contribution in [0.1, 0.15) is 36.8 Å². The number of ether oxygens (including phenoxy) is 1. The van der Waals surface area contributed by atoms with Gasteiger partial charge in [-0.15, -0.1) is 0 Å². The summed E-state index contributed by atoms with van der Waals surface area (Å²) in [6, 6.07) is 3.88. The van der Waals surface area contributed by atoms with E-state index in [-0.39, 0.29) is 6.61 Å². The van der Waals surface area contributed by atoms with Gasteiger partial charge in [-0.3, -0.25) is 0 Å². The summed E-state index contributed by atoms with van der Waals surface area (Å²) >= 11 is 0. The van der Waals surface area contributed by atoms with Crippen LogP contribution in [-0.4, -0.2) is 18.3 Å². The summed E-state index contributed by atoms with van der Waals surface area (Å²) in [5.41, 5.74) is 8.74. The topological polar surface area (TPSA) is 55.5 Å². The largest absolute Gasteiger partial charge is 0.493 e. The number of aryl methyl sites for hydroxylation is 2. The predicted molar refractivity (Wildman–Crippen MR) is 71.4 cm³/mol. The fraction of sp³-hybridized carbons (Fsp3) is 0.571. The van der Waals surface area contributed by atoms with Gasteiger partial charge in [0.2, 0.25) is 0 Å². The monoisotopic (exact) mass is 237 g/mol. The summed E-state index contributed by atoms with van der Waals surface area (Å²) in [5, 5.41) is 8.66. The molecule has 0 aliphatic carbocycles. The quantitative estimate of drug-likeness (QED) is 0.566. The SMILES string of the molecule is Cc1cc(N)cc(C)c1OCCCCCCO. The van der Waals surface area contributed by atoms with Crippen molar-refractivity contribution in [1.82, 2.24) is 0 Å². The highest BCUT2D eigenvalue weighted by molar-refractivity contribution is 5.52. The summed E-state index contributed by atoms with van der Waals surface area (Å²) in [4.78, 5) is 0. The Hall–Kier alpha value is -1.22. The first kappa shape index (κ1) is 13.8. The van der Waals surface area contributed by atoms with E-state index in [0.717, 1.165) is 54.9 Å². The second-order valence-electron chi connectivity index (χ2n) is 4.47. The number of aliphatic hydroxyl groups is 1. The van der Waals surface area contributed by atoms with Gasteiger partial charge in [-0.05, 0) is 56.4 Å². The molecular formula is C14H23NO2. The van der Waals surface area contributed by atoms with E-state index in [4.69, 9.17) is 15.6 Å². The number of benzene rings is 1. The van der Waals surface area contributed by atoms with E-state index in [0.29, 0.717) is 0 Å². The van der Waals surface area contributed by atoms with Crippen molar-refractivity contribution in [2.45, 2.75) is 39.5 Å². The lowest BCUT2D eigenvalue weighted by molar-refractivity contribution is 0.272. The summed E-state index contributed by atoms with van der Waals surface area (Å²) in [6.07, 6.45) is 4.09. The molecule has 1 aromatic carbocycles. The van der Waals surface area contributed by atoms with Gasteiger partial charge >= 0.3 is 0 Å². The van der Waals surface area contributed by atoms with Crippen molar-refractivity contribution in [3.05, 3.63) is 23.3 Å².